The predicted molar refractivity (Wildman–Crippen MR) is 118 cm³/mol. The molecule has 1 amide bonds. The van der Waals surface area contributed by atoms with E-state index in [2.05, 4.69) is 15.0 Å². The fraction of sp³-hybridized carbons (Fsp3) is 0.381. The molecule has 9 nitrogen and oxygen atoms in total. The van der Waals surface area contributed by atoms with Crippen molar-refractivity contribution in [2.75, 3.05) is 38.7 Å². The number of carbonyl (C=O) groups is 1. The van der Waals surface area contributed by atoms with Crippen LogP contribution in [0.5, 0.6) is 0 Å². The number of aromatic nitrogens is 4. The number of hydrogen-bond donors (Lipinski definition) is 0. The first-order chi connectivity index (χ1) is 15.2. The van der Waals surface area contributed by atoms with Crippen LogP contribution in [0.15, 0.2) is 23.0 Å². The van der Waals surface area contributed by atoms with Crippen LogP contribution in [0.4, 0.5) is 10.3 Å². The van der Waals surface area contributed by atoms with Crippen LogP contribution < -0.4 is 10.5 Å². The molecule has 4 rings (SSSR count). The van der Waals surface area contributed by atoms with Crippen molar-refractivity contribution in [2.24, 2.45) is 7.05 Å². The van der Waals surface area contributed by atoms with Crippen LogP contribution in [-0.2, 0) is 16.6 Å². The van der Waals surface area contributed by atoms with Gasteiger partial charge in [0.25, 0.3) is 11.5 Å². The molecule has 1 aliphatic rings. The summed E-state index contributed by atoms with van der Waals surface area (Å²) >= 11 is 5.92. The molecular formula is C21H22ClFN6O3. The molecule has 1 aliphatic heterocycles. The zero-order valence-corrected chi connectivity index (χ0v) is 18.9. The highest BCUT2D eigenvalue weighted by molar-refractivity contribution is 6.30. The van der Waals surface area contributed by atoms with Gasteiger partial charge in [0.05, 0.1) is 13.2 Å². The lowest BCUT2D eigenvalue weighted by molar-refractivity contribution is -0.141. The number of anilines is 1. The molecule has 0 spiro atoms. The lowest BCUT2D eigenvalue weighted by atomic mass is 10.1. The molecule has 168 valence electrons. The number of benzene rings is 1. The molecule has 1 aromatic carbocycles. The Kier molecular flexibility index (Phi) is 5.83. The summed E-state index contributed by atoms with van der Waals surface area (Å²) in [6, 6.07) is 4.22. The van der Waals surface area contributed by atoms with Gasteiger partial charge in [0, 0.05) is 38.3 Å². The molecule has 1 fully saturated rings. The second-order valence-corrected chi connectivity index (χ2v) is 8.19. The van der Waals surface area contributed by atoms with Gasteiger partial charge in [-0.1, -0.05) is 11.6 Å². The van der Waals surface area contributed by atoms with Crippen molar-refractivity contribution in [1.82, 2.24) is 24.4 Å². The summed E-state index contributed by atoms with van der Waals surface area (Å²) in [5.74, 6) is -0.138. The van der Waals surface area contributed by atoms with Crippen molar-refractivity contribution in [3.05, 3.63) is 45.2 Å². The number of aryl methyl sites for hydroxylation is 1. The van der Waals surface area contributed by atoms with E-state index in [1.807, 2.05) is 0 Å². The fourth-order valence-corrected chi connectivity index (χ4v) is 3.68. The molecule has 2 aromatic heterocycles. The molecule has 0 aliphatic carbocycles. The van der Waals surface area contributed by atoms with Crippen LogP contribution in [0.3, 0.4) is 0 Å². The van der Waals surface area contributed by atoms with Gasteiger partial charge in [-0.15, -0.1) is 0 Å². The Hall–Kier alpha value is -3.11. The van der Waals surface area contributed by atoms with Gasteiger partial charge in [-0.2, -0.15) is 0 Å². The zero-order valence-electron chi connectivity index (χ0n) is 18.1. The van der Waals surface area contributed by atoms with Crippen LogP contribution in [0.2, 0.25) is 5.02 Å². The monoisotopic (exact) mass is 460 g/mol. The van der Waals surface area contributed by atoms with Gasteiger partial charge in [0.2, 0.25) is 5.95 Å². The maximum absolute atomic E-state index is 14.8. The molecule has 1 atom stereocenters. The smallest absolute Gasteiger partial charge is 0.279 e. The minimum Gasteiger partial charge on any atom is -0.365 e. The average molecular weight is 461 g/mol. The fourth-order valence-electron chi connectivity index (χ4n) is 3.52. The number of halogens is 2. The molecule has 0 bridgehead atoms. The van der Waals surface area contributed by atoms with E-state index in [0.717, 1.165) is 0 Å². The van der Waals surface area contributed by atoms with E-state index >= 15 is 0 Å². The summed E-state index contributed by atoms with van der Waals surface area (Å²) in [5.41, 5.74) is 0.222. The summed E-state index contributed by atoms with van der Waals surface area (Å²) in [5, 5.41) is 0.239. The number of amides is 1. The Morgan fingerprint density at radius 2 is 2.00 bits per heavy atom. The summed E-state index contributed by atoms with van der Waals surface area (Å²) in [4.78, 5) is 42.1. The average Bonchev–Trinajstić information content (AvgIpc) is 2.77. The minimum absolute atomic E-state index is 0.0643. The van der Waals surface area contributed by atoms with E-state index in [-0.39, 0.29) is 57.9 Å². The number of ether oxygens (including phenoxy) is 1. The van der Waals surface area contributed by atoms with Crippen molar-refractivity contribution in [2.45, 2.75) is 13.0 Å². The highest BCUT2D eigenvalue weighted by Gasteiger charge is 2.30. The van der Waals surface area contributed by atoms with Crippen LogP contribution >= 0.6 is 11.6 Å². The Morgan fingerprint density at radius 3 is 2.69 bits per heavy atom. The molecule has 3 heterocycles. The normalized spacial score (nSPS) is 16.4. The highest BCUT2D eigenvalue weighted by Crippen LogP contribution is 2.30. The van der Waals surface area contributed by atoms with Gasteiger partial charge in [-0.25, -0.2) is 19.3 Å². The SMILES string of the molecule is Cc1nc2c(-c3ccc(Cl)cc3F)nc(N3CCOC(C(=O)N(C)C)C3)nc2c(=O)n1C. The summed E-state index contributed by atoms with van der Waals surface area (Å²) in [7, 11) is 4.89. The van der Waals surface area contributed by atoms with E-state index in [1.165, 1.54) is 21.6 Å². The van der Waals surface area contributed by atoms with E-state index in [4.69, 9.17) is 16.3 Å². The second-order valence-electron chi connectivity index (χ2n) is 7.75. The number of nitrogens with zero attached hydrogens (tertiary/aromatic N) is 6. The number of carbonyl (C=O) groups excluding carboxylic acids is 1. The van der Waals surface area contributed by atoms with Crippen molar-refractivity contribution in [3.8, 4) is 11.3 Å². The van der Waals surface area contributed by atoms with Gasteiger partial charge in [0.1, 0.15) is 22.9 Å². The standard InChI is InChI=1S/C21H22ClFN6O3/c1-11-24-17-16(13-6-5-12(22)9-14(13)23)25-21(26-18(17)20(31)28(11)4)29-7-8-32-15(10-29)19(30)27(2)3/h5-6,9,15H,7-8,10H2,1-4H3. The first kappa shape index (κ1) is 22.1. The number of morpholine rings is 1. The lowest BCUT2D eigenvalue weighted by Crippen LogP contribution is -2.50. The summed E-state index contributed by atoms with van der Waals surface area (Å²) in [6.07, 6.45) is -0.701. The Bertz CT molecular complexity index is 1280. The molecule has 3 aromatic rings. The second kappa shape index (κ2) is 8.44. The minimum atomic E-state index is -0.701. The number of hydrogen-bond acceptors (Lipinski definition) is 7. The maximum Gasteiger partial charge on any atom is 0.279 e. The van der Waals surface area contributed by atoms with Crippen LogP contribution in [0.25, 0.3) is 22.3 Å². The summed E-state index contributed by atoms with van der Waals surface area (Å²) < 4.78 is 21.8. The Labute approximate surface area is 188 Å². The molecular weight excluding hydrogens is 439 g/mol. The third kappa shape index (κ3) is 3.91. The Morgan fingerprint density at radius 1 is 1.25 bits per heavy atom. The van der Waals surface area contributed by atoms with Gasteiger partial charge >= 0.3 is 0 Å². The molecule has 0 radical (unpaired) electrons. The quantitative estimate of drug-likeness (QED) is 0.588. The molecule has 11 heteroatoms. The van der Waals surface area contributed by atoms with E-state index < -0.39 is 11.9 Å². The predicted octanol–water partition coefficient (Wildman–Crippen LogP) is 1.78. The van der Waals surface area contributed by atoms with Crippen LogP contribution in [0.1, 0.15) is 5.82 Å². The largest absolute Gasteiger partial charge is 0.365 e. The van der Waals surface area contributed by atoms with Gasteiger partial charge in [-0.3, -0.25) is 14.2 Å². The number of fused-ring (bicyclic) bond motifs is 1. The van der Waals surface area contributed by atoms with Crippen molar-refractivity contribution >= 4 is 34.5 Å². The zero-order chi connectivity index (χ0) is 23.2. The molecule has 0 saturated carbocycles. The third-order valence-corrected chi connectivity index (χ3v) is 5.63. The number of rotatable bonds is 3. The van der Waals surface area contributed by atoms with Crippen molar-refractivity contribution in [3.63, 3.8) is 0 Å². The van der Waals surface area contributed by atoms with Crippen molar-refractivity contribution in [1.29, 1.82) is 0 Å². The molecule has 0 N–H and O–H groups in total. The van der Waals surface area contributed by atoms with Crippen LogP contribution in [-0.4, -0.2) is 70.2 Å². The van der Waals surface area contributed by atoms with E-state index in [9.17, 15) is 14.0 Å². The maximum atomic E-state index is 14.8. The van der Waals surface area contributed by atoms with E-state index in [0.29, 0.717) is 12.4 Å². The molecule has 1 saturated heterocycles. The highest BCUT2D eigenvalue weighted by atomic mass is 35.5. The van der Waals surface area contributed by atoms with Gasteiger partial charge in [0.15, 0.2) is 11.6 Å². The lowest BCUT2D eigenvalue weighted by Gasteiger charge is -2.33. The molecule has 32 heavy (non-hydrogen) atoms. The van der Waals surface area contributed by atoms with Crippen LogP contribution in [0, 0.1) is 12.7 Å². The summed E-state index contributed by atoms with van der Waals surface area (Å²) in [6.45, 7) is 2.56. The van der Waals surface area contributed by atoms with Crippen molar-refractivity contribution < 1.29 is 13.9 Å². The third-order valence-electron chi connectivity index (χ3n) is 5.39. The molecule has 1 unspecified atom stereocenters. The first-order valence-electron chi connectivity index (χ1n) is 9.96. The van der Waals surface area contributed by atoms with E-state index in [1.54, 1.807) is 39.0 Å². The topological polar surface area (TPSA) is 93.5 Å². The number of likely N-dealkylation sites (N-methyl/N-ethyl adjacent to an activating group) is 1. The van der Waals surface area contributed by atoms with Gasteiger partial charge in [-0.05, 0) is 25.1 Å². The Balaban J connectivity index is 1.91. The first-order valence-corrected chi connectivity index (χ1v) is 10.3. The van der Waals surface area contributed by atoms with Gasteiger partial charge < -0.3 is 14.5 Å².